The van der Waals surface area contributed by atoms with Gasteiger partial charge in [0, 0.05) is 35.3 Å². The van der Waals surface area contributed by atoms with Gasteiger partial charge in [0.25, 0.3) is 0 Å². The smallest absolute Gasteiger partial charge is 0.226 e. The first-order valence-electron chi connectivity index (χ1n) is 9.27. The number of nitrogens with zero attached hydrogens (tertiary/aromatic N) is 3. The van der Waals surface area contributed by atoms with Crippen molar-refractivity contribution in [1.29, 1.82) is 5.26 Å². The van der Waals surface area contributed by atoms with Crippen molar-refractivity contribution in [3.05, 3.63) is 71.0 Å². The van der Waals surface area contributed by atoms with Crippen LogP contribution in [0.3, 0.4) is 0 Å². The topological polar surface area (TPSA) is 94.9 Å². The molecule has 0 saturated heterocycles. The first-order chi connectivity index (χ1) is 13.6. The third kappa shape index (κ3) is 2.16. The maximum atomic E-state index is 9.90. The van der Waals surface area contributed by atoms with Crippen molar-refractivity contribution in [1.82, 2.24) is 9.97 Å². The Morgan fingerprint density at radius 2 is 2.00 bits per heavy atom. The highest BCUT2D eigenvalue weighted by atomic mass is 16.4. The summed E-state index contributed by atoms with van der Waals surface area (Å²) in [6.07, 6.45) is 0. The first kappa shape index (κ1) is 16.5. The number of nitrogens with two attached hydrogens (primary N) is 1. The van der Waals surface area contributed by atoms with E-state index in [1.807, 2.05) is 36.9 Å². The number of aryl methyl sites for hydroxylation is 1. The van der Waals surface area contributed by atoms with Crippen molar-refractivity contribution in [2.75, 3.05) is 11.4 Å². The van der Waals surface area contributed by atoms with Crippen LogP contribution in [0.2, 0.25) is 0 Å². The zero-order chi connectivity index (χ0) is 19.4. The average molecular weight is 369 g/mol. The van der Waals surface area contributed by atoms with Crippen LogP contribution in [0.5, 0.6) is 0 Å². The summed E-state index contributed by atoms with van der Waals surface area (Å²) < 4.78 is 5.85. The van der Waals surface area contributed by atoms with E-state index in [4.69, 9.17) is 10.2 Å². The van der Waals surface area contributed by atoms with E-state index in [-0.39, 0.29) is 5.92 Å². The number of fused-ring (bicyclic) bond motifs is 4. The Labute approximate surface area is 161 Å². The molecule has 0 saturated carbocycles. The maximum absolute atomic E-state index is 9.90. The average Bonchev–Trinajstić information content (AvgIpc) is 3.26. The van der Waals surface area contributed by atoms with Crippen LogP contribution >= 0.6 is 0 Å². The van der Waals surface area contributed by atoms with Crippen LogP contribution in [0.1, 0.15) is 30.0 Å². The third-order valence-corrected chi connectivity index (χ3v) is 5.42. The van der Waals surface area contributed by atoms with Crippen LogP contribution in [-0.4, -0.2) is 16.5 Å². The van der Waals surface area contributed by atoms with Crippen molar-refractivity contribution in [2.24, 2.45) is 5.73 Å². The van der Waals surface area contributed by atoms with Gasteiger partial charge in [-0.1, -0.05) is 24.3 Å². The minimum absolute atomic E-state index is 0.349. The Morgan fingerprint density at radius 3 is 2.79 bits per heavy atom. The fourth-order valence-electron chi connectivity index (χ4n) is 4.16. The number of nitrogens with one attached hydrogen (secondary N) is 1. The lowest BCUT2D eigenvalue weighted by molar-refractivity contribution is 0.513. The van der Waals surface area contributed by atoms with E-state index in [1.54, 1.807) is 0 Å². The number of hydrogen-bond donors (Lipinski definition) is 2. The number of hydrogen-bond acceptors (Lipinski definition) is 5. The van der Waals surface area contributed by atoms with Gasteiger partial charge in [-0.3, -0.25) is 4.90 Å². The maximum Gasteiger partial charge on any atom is 0.226 e. The molecule has 0 amide bonds. The van der Waals surface area contributed by atoms with Gasteiger partial charge in [0.05, 0.1) is 17.6 Å². The molecule has 3 N–H and O–H groups in total. The van der Waals surface area contributed by atoms with E-state index in [1.165, 1.54) is 0 Å². The van der Waals surface area contributed by atoms with E-state index < -0.39 is 0 Å². The van der Waals surface area contributed by atoms with Crippen LogP contribution in [0.25, 0.3) is 21.8 Å². The highest BCUT2D eigenvalue weighted by Gasteiger charge is 2.37. The van der Waals surface area contributed by atoms with Crippen molar-refractivity contribution in [2.45, 2.75) is 19.8 Å². The molecule has 1 aliphatic heterocycles. The summed E-state index contributed by atoms with van der Waals surface area (Å²) in [4.78, 5) is 9.86. The molecular formula is C22H19N5O. The number of aromatic nitrogens is 2. The number of allylic oxidation sites excluding steroid dienone is 1. The minimum atomic E-state index is -0.349. The van der Waals surface area contributed by atoms with Gasteiger partial charge in [0.2, 0.25) is 5.88 Å². The summed E-state index contributed by atoms with van der Waals surface area (Å²) >= 11 is 0. The van der Waals surface area contributed by atoms with Crippen LogP contribution < -0.4 is 10.6 Å². The van der Waals surface area contributed by atoms with Crippen molar-refractivity contribution >= 4 is 27.7 Å². The Balaban J connectivity index is 1.78. The lowest BCUT2D eigenvalue weighted by Crippen LogP contribution is -2.34. The molecule has 0 bridgehead atoms. The van der Waals surface area contributed by atoms with E-state index in [9.17, 15) is 5.26 Å². The molecule has 2 aromatic heterocycles. The third-order valence-electron chi connectivity index (χ3n) is 5.42. The molecule has 6 heteroatoms. The van der Waals surface area contributed by atoms with Crippen molar-refractivity contribution in [3.8, 4) is 6.07 Å². The molecule has 0 aliphatic carbocycles. The largest absolute Gasteiger partial charge is 0.425 e. The molecule has 0 fully saturated rings. The molecule has 28 heavy (non-hydrogen) atoms. The molecular weight excluding hydrogens is 350 g/mol. The van der Waals surface area contributed by atoms with Crippen LogP contribution in [0.4, 0.5) is 5.88 Å². The quantitative estimate of drug-likeness (QED) is 0.550. The van der Waals surface area contributed by atoms with Gasteiger partial charge in [-0.25, -0.2) is 4.98 Å². The van der Waals surface area contributed by atoms with Gasteiger partial charge in [-0.2, -0.15) is 5.26 Å². The van der Waals surface area contributed by atoms with Crippen molar-refractivity contribution in [3.63, 3.8) is 0 Å². The molecule has 0 spiro atoms. The van der Waals surface area contributed by atoms with E-state index in [2.05, 4.69) is 40.3 Å². The summed E-state index contributed by atoms with van der Waals surface area (Å²) in [6.45, 7) is 4.39. The predicted molar refractivity (Wildman–Crippen MR) is 109 cm³/mol. The Hall–Kier alpha value is -3.72. The molecule has 5 rings (SSSR count). The Bertz CT molecular complexity index is 1300. The van der Waals surface area contributed by atoms with E-state index in [0.717, 1.165) is 33.1 Å². The molecule has 6 nitrogen and oxygen atoms in total. The lowest BCUT2D eigenvalue weighted by Gasteiger charge is -2.30. The van der Waals surface area contributed by atoms with Crippen LogP contribution in [0, 0.1) is 18.3 Å². The number of anilines is 1. The number of benzene rings is 2. The number of para-hydroxylation sites is 1. The van der Waals surface area contributed by atoms with E-state index >= 15 is 0 Å². The summed E-state index contributed by atoms with van der Waals surface area (Å²) in [5, 5.41) is 12.2. The molecule has 0 radical (unpaired) electrons. The van der Waals surface area contributed by atoms with E-state index in [0.29, 0.717) is 29.7 Å². The summed E-state index contributed by atoms with van der Waals surface area (Å²) in [7, 11) is 0. The highest BCUT2D eigenvalue weighted by Crippen LogP contribution is 2.44. The van der Waals surface area contributed by atoms with Gasteiger partial charge in [-0.15, -0.1) is 0 Å². The SMILES string of the molecule is CCN1C(N)=C(C#N)C(c2ccc3[nH]c4ccccc4c3c2)c2nc(C)oc21. The summed E-state index contributed by atoms with van der Waals surface area (Å²) in [6, 6.07) is 16.7. The Morgan fingerprint density at radius 1 is 1.21 bits per heavy atom. The van der Waals surface area contributed by atoms with Crippen LogP contribution in [-0.2, 0) is 0 Å². The molecule has 1 unspecified atom stereocenters. The van der Waals surface area contributed by atoms with Gasteiger partial charge < -0.3 is 15.1 Å². The first-order valence-corrected chi connectivity index (χ1v) is 9.27. The van der Waals surface area contributed by atoms with Gasteiger partial charge in [-0.05, 0) is 30.7 Å². The normalized spacial score (nSPS) is 16.6. The molecule has 3 heterocycles. The highest BCUT2D eigenvalue weighted by molar-refractivity contribution is 6.07. The zero-order valence-electron chi connectivity index (χ0n) is 15.7. The molecule has 1 aliphatic rings. The fourth-order valence-corrected chi connectivity index (χ4v) is 4.16. The molecule has 4 aromatic rings. The number of aromatic amines is 1. The summed E-state index contributed by atoms with van der Waals surface area (Å²) in [5.74, 6) is 1.27. The fraction of sp³-hybridized carbons (Fsp3) is 0.182. The number of oxazole rings is 1. The standard InChI is InChI=1S/C22H19N5O/c1-3-27-21(24)16(11-23)19(20-22(27)28-12(2)25-20)13-8-9-18-15(10-13)14-6-4-5-7-17(14)26-18/h4-10,19,26H,3,24H2,1-2H3. The van der Waals surface area contributed by atoms with Gasteiger partial charge >= 0.3 is 0 Å². The van der Waals surface area contributed by atoms with Crippen LogP contribution in [0.15, 0.2) is 58.3 Å². The molecule has 138 valence electrons. The molecule has 2 aromatic carbocycles. The summed E-state index contributed by atoms with van der Waals surface area (Å²) in [5.41, 5.74) is 10.7. The monoisotopic (exact) mass is 369 g/mol. The second-order valence-electron chi connectivity index (χ2n) is 6.99. The van der Waals surface area contributed by atoms with Crippen molar-refractivity contribution < 1.29 is 4.42 Å². The Kier molecular flexibility index (Phi) is 3.46. The zero-order valence-corrected chi connectivity index (χ0v) is 15.7. The second-order valence-corrected chi connectivity index (χ2v) is 6.99. The lowest BCUT2D eigenvalue weighted by atomic mass is 9.85. The number of nitriles is 1. The minimum Gasteiger partial charge on any atom is -0.425 e. The van der Waals surface area contributed by atoms with Gasteiger partial charge in [0.1, 0.15) is 11.5 Å². The molecule has 1 atom stereocenters. The number of rotatable bonds is 2. The predicted octanol–water partition coefficient (Wildman–Crippen LogP) is 4.28. The second kappa shape index (κ2) is 5.89. The number of H-pyrrole nitrogens is 1. The van der Waals surface area contributed by atoms with Gasteiger partial charge in [0.15, 0.2) is 5.89 Å².